The summed E-state index contributed by atoms with van der Waals surface area (Å²) in [7, 11) is 1.56. The Morgan fingerprint density at radius 1 is 0.862 bits per heavy atom. The second kappa shape index (κ2) is 8.19. The number of carbonyl (C=O) groups is 3. The lowest BCUT2D eigenvalue weighted by atomic mass is 9.75. The molecule has 0 radical (unpaired) electrons. The first kappa shape index (κ1) is 19.4. The Bertz CT molecular complexity index is 903. The molecule has 29 heavy (non-hydrogen) atoms. The third-order valence-electron chi connectivity index (χ3n) is 6.31. The van der Waals surface area contributed by atoms with Crippen LogP contribution in [0.25, 0.3) is 0 Å². The van der Waals surface area contributed by atoms with Crippen molar-refractivity contribution in [3.63, 3.8) is 0 Å². The number of ether oxygens (including phenoxy) is 2. The van der Waals surface area contributed by atoms with Crippen molar-refractivity contribution in [1.29, 1.82) is 0 Å². The van der Waals surface area contributed by atoms with Crippen LogP contribution < -0.4 is 4.74 Å². The van der Waals surface area contributed by atoms with E-state index in [1.807, 2.05) is 18.2 Å². The minimum Gasteiger partial charge on any atom is -0.497 e. The van der Waals surface area contributed by atoms with Crippen molar-refractivity contribution in [3.8, 4) is 5.75 Å². The first-order valence-corrected chi connectivity index (χ1v) is 10.0. The molecule has 5 nitrogen and oxygen atoms in total. The van der Waals surface area contributed by atoms with Crippen LogP contribution in [0, 0.1) is 23.7 Å². The highest BCUT2D eigenvalue weighted by Gasteiger charge is 2.54. The Kier molecular flexibility index (Phi) is 5.47. The number of ketones is 2. The second-order valence-electron chi connectivity index (χ2n) is 7.87. The molecule has 2 bridgehead atoms. The average molecular weight is 392 g/mol. The van der Waals surface area contributed by atoms with Crippen LogP contribution in [0.2, 0.25) is 0 Å². The van der Waals surface area contributed by atoms with Gasteiger partial charge in [0.25, 0.3) is 0 Å². The lowest BCUT2D eigenvalue weighted by Gasteiger charge is -2.28. The first-order valence-electron chi connectivity index (χ1n) is 10.0. The summed E-state index contributed by atoms with van der Waals surface area (Å²) >= 11 is 0. The van der Waals surface area contributed by atoms with Crippen molar-refractivity contribution < 1.29 is 23.9 Å². The molecule has 0 spiro atoms. The quantitative estimate of drug-likeness (QED) is 0.527. The number of methoxy groups -OCH3 is 1. The molecule has 150 valence electrons. The summed E-state index contributed by atoms with van der Waals surface area (Å²) in [5, 5.41) is 0. The largest absolute Gasteiger partial charge is 0.497 e. The Morgan fingerprint density at radius 2 is 1.52 bits per heavy atom. The van der Waals surface area contributed by atoms with Crippen molar-refractivity contribution >= 4 is 17.5 Å². The van der Waals surface area contributed by atoms with Crippen LogP contribution in [-0.4, -0.2) is 31.3 Å². The molecule has 0 aromatic heterocycles. The van der Waals surface area contributed by atoms with Crippen molar-refractivity contribution in [2.45, 2.75) is 19.3 Å². The van der Waals surface area contributed by atoms with E-state index in [2.05, 4.69) is 0 Å². The minimum absolute atomic E-state index is 0.0150. The molecule has 4 rings (SSSR count). The summed E-state index contributed by atoms with van der Waals surface area (Å²) in [6, 6.07) is 15.8. The summed E-state index contributed by atoms with van der Waals surface area (Å²) in [5.74, 6) is -0.430. The first-order chi connectivity index (χ1) is 14.1. The molecule has 2 aromatic rings. The van der Waals surface area contributed by atoms with E-state index >= 15 is 0 Å². The van der Waals surface area contributed by atoms with Gasteiger partial charge in [0.1, 0.15) is 5.75 Å². The molecule has 0 heterocycles. The lowest BCUT2D eigenvalue weighted by Crippen LogP contribution is -2.36. The van der Waals surface area contributed by atoms with Gasteiger partial charge in [-0.25, -0.2) is 0 Å². The van der Waals surface area contributed by atoms with Gasteiger partial charge in [-0.05, 0) is 55.4 Å². The molecule has 0 amide bonds. The third-order valence-corrected chi connectivity index (χ3v) is 6.31. The summed E-state index contributed by atoms with van der Waals surface area (Å²) in [5.41, 5.74) is 1.10. The van der Waals surface area contributed by atoms with Crippen LogP contribution >= 0.6 is 0 Å². The Morgan fingerprint density at radius 3 is 2.17 bits per heavy atom. The number of esters is 1. The zero-order valence-corrected chi connectivity index (χ0v) is 16.4. The van der Waals surface area contributed by atoms with Gasteiger partial charge in [0, 0.05) is 17.0 Å². The number of hydrogen-bond acceptors (Lipinski definition) is 5. The van der Waals surface area contributed by atoms with Crippen LogP contribution in [0.5, 0.6) is 5.75 Å². The van der Waals surface area contributed by atoms with Gasteiger partial charge in [-0.3, -0.25) is 14.4 Å². The van der Waals surface area contributed by atoms with Crippen LogP contribution in [0.15, 0.2) is 54.6 Å². The SMILES string of the molecule is COc1ccc(C(=O)COC(=O)[C@@H]2[C@H]3CC[C@@H](C3)[C@H]2C(=O)c2ccccc2)cc1. The van der Waals surface area contributed by atoms with E-state index in [0.717, 1.165) is 19.3 Å². The van der Waals surface area contributed by atoms with Crippen LogP contribution in [0.3, 0.4) is 0 Å². The summed E-state index contributed by atoms with van der Waals surface area (Å²) in [6.07, 6.45) is 2.80. The molecular formula is C24H24O5. The van der Waals surface area contributed by atoms with E-state index in [1.54, 1.807) is 43.5 Å². The summed E-state index contributed by atoms with van der Waals surface area (Å²) in [4.78, 5) is 38.3. The Labute approximate surface area is 170 Å². The highest BCUT2D eigenvalue weighted by molar-refractivity contribution is 6.01. The fourth-order valence-corrected chi connectivity index (χ4v) is 4.90. The average Bonchev–Trinajstić information content (AvgIpc) is 3.39. The predicted molar refractivity (Wildman–Crippen MR) is 107 cm³/mol. The maximum absolute atomic E-state index is 13.1. The maximum Gasteiger partial charge on any atom is 0.310 e. The standard InChI is InChI=1S/C24H24O5/c1-28-19-11-9-15(10-12-19)20(25)14-29-24(27)22-18-8-7-17(13-18)21(22)23(26)16-5-3-2-4-6-16/h2-6,9-12,17-18,21-22H,7-8,13-14H2,1H3/t17-,18-,21+,22+/m0/s1. The number of benzene rings is 2. The van der Waals surface area contributed by atoms with Crippen molar-refractivity contribution in [2.24, 2.45) is 23.7 Å². The number of rotatable bonds is 7. The molecule has 4 atom stereocenters. The number of Topliss-reactive ketones (excluding diaryl/α,β-unsaturated/α-hetero) is 2. The van der Waals surface area contributed by atoms with Gasteiger partial charge in [-0.2, -0.15) is 0 Å². The smallest absolute Gasteiger partial charge is 0.310 e. The molecule has 2 aliphatic carbocycles. The maximum atomic E-state index is 13.1. The van der Waals surface area contributed by atoms with Crippen LogP contribution in [0.1, 0.15) is 40.0 Å². The summed E-state index contributed by atoms with van der Waals surface area (Å²) in [6.45, 7) is -0.314. The van der Waals surface area contributed by atoms with Gasteiger partial charge in [-0.1, -0.05) is 30.3 Å². The Balaban J connectivity index is 1.43. The number of carbonyl (C=O) groups excluding carboxylic acids is 3. The van der Waals surface area contributed by atoms with E-state index < -0.39 is 11.9 Å². The molecule has 2 fully saturated rings. The zero-order chi connectivity index (χ0) is 20.4. The van der Waals surface area contributed by atoms with Crippen molar-refractivity contribution in [3.05, 3.63) is 65.7 Å². The molecule has 0 aliphatic heterocycles. The minimum atomic E-state index is -0.454. The van der Waals surface area contributed by atoms with Crippen LogP contribution in [-0.2, 0) is 9.53 Å². The molecule has 2 saturated carbocycles. The van der Waals surface area contributed by atoms with E-state index in [9.17, 15) is 14.4 Å². The summed E-state index contributed by atoms with van der Waals surface area (Å²) < 4.78 is 10.5. The number of fused-ring (bicyclic) bond motifs is 2. The monoisotopic (exact) mass is 392 g/mol. The fraction of sp³-hybridized carbons (Fsp3) is 0.375. The lowest BCUT2D eigenvalue weighted by molar-refractivity contribution is -0.150. The second-order valence-corrected chi connectivity index (χ2v) is 7.87. The van der Waals surface area contributed by atoms with Crippen LogP contribution in [0.4, 0.5) is 0 Å². The highest BCUT2D eigenvalue weighted by Crippen LogP contribution is 2.53. The molecule has 0 N–H and O–H groups in total. The molecule has 2 aromatic carbocycles. The van der Waals surface area contributed by atoms with Gasteiger partial charge >= 0.3 is 5.97 Å². The fourth-order valence-electron chi connectivity index (χ4n) is 4.90. The molecule has 0 saturated heterocycles. The van der Waals surface area contributed by atoms with Gasteiger partial charge < -0.3 is 9.47 Å². The van der Waals surface area contributed by atoms with E-state index in [0.29, 0.717) is 16.9 Å². The molecule has 0 unspecified atom stereocenters. The van der Waals surface area contributed by atoms with Crippen molar-refractivity contribution in [2.75, 3.05) is 13.7 Å². The predicted octanol–water partition coefficient (Wildman–Crippen LogP) is 3.97. The van der Waals surface area contributed by atoms with Gasteiger partial charge in [-0.15, -0.1) is 0 Å². The third kappa shape index (κ3) is 3.82. The van der Waals surface area contributed by atoms with Gasteiger partial charge in [0.15, 0.2) is 18.2 Å². The van der Waals surface area contributed by atoms with Gasteiger partial charge in [0.2, 0.25) is 0 Å². The van der Waals surface area contributed by atoms with Gasteiger partial charge in [0.05, 0.1) is 13.0 Å². The van der Waals surface area contributed by atoms with Crippen molar-refractivity contribution in [1.82, 2.24) is 0 Å². The molecular weight excluding hydrogens is 368 g/mol. The normalized spacial score (nSPS) is 24.9. The molecule has 5 heteroatoms. The topological polar surface area (TPSA) is 69.7 Å². The zero-order valence-electron chi connectivity index (χ0n) is 16.4. The molecule has 2 aliphatic rings. The highest BCUT2D eigenvalue weighted by atomic mass is 16.5. The van der Waals surface area contributed by atoms with E-state index in [4.69, 9.17) is 9.47 Å². The van der Waals surface area contributed by atoms with E-state index in [-0.39, 0.29) is 35.9 Å². The van der Waals surface area contributed by atoms with E-state index in [1.165, 1.54) is 0 Å². The number of hydrogen-bond donors (Lipinski definition) is 0. The Hall–Kier alpha value is -2.95.